The zero-order valence-electron chi connectivity index (χ0n) is 19.0. The van der Waals surface area contributed by atoms with Gasteiger partial charge >= 0.3 is 12.5 Å². The molecule has 11 heteroatoms. The number of esters is 1. The molecule has 0 radical (unpaired) electrons. The number of rotatable bonds is 8. The summed E-state index contributed by atoms with van der Waals surface area (Å²) in [6.07, 6.45) is 0.181. The van der Waals surface area contributed by atoms with Gasteiger partial charge < -0.3 is 23.9 Å². The van der Waals surface area contributed by atoms with Gasteiger partial charge in [0.05, 0.1) is 42.8 Å². The van der Waals surface area contributed by atoms with Crippen LogP contribution in [0.25, 0.3) is 11.0 Å². The number of amides is 1. The summed E-state index contributed by atoms with van der Waals surface area (Å²) in [6.45, 7) is -1.47. The predicted molar refractivity (Wildman–Crippen MR) is 121 cm³/mol. The highest BCUT2D eigenvalue weighted by atomic mass is 19.3. The van der Waals surface area contributed by atoms with Gasteiger partial charge in [0.1, 0.15) is 0 Å². The molecule has 1 amide bonds. The Bertz CT molecular complexity index is 1370. The number of imidazole rings is 1. The number of benzene rings is 2. The van der Waals surface area contributed by atoms with Gasteiger partial charge in [-0.05, 0) is 31.2 Å². The lowest BCUT2D eigenvalue weighted by Crippen LogP contribution is -2.18. The van der Waals surface area contributed by atoms with Crippen molar-refractivity contribution < 1.29 is 37.0 Å². The number of carbonyl (C=O) groups is 2. The lowest BCUT2D eigenvalue weighted by molar-refractivity contribution is 0.0234. The Morgan fingerprint density at radius 3 is 2.43 bits per heavy atom. The summed E-state index contributed by atoms with van der Waals surface area (Å²) in [5, 5.41) is 2.57. The zero-order valence-corrected chi connectivity index (χ0v) is 19.0. The van der Waals surface area contributed by atoms with Gasteiger partial charge in [-0.3, -0.25) is 9.36 Å². The van der Waals surface area contributed by atoms with Crippen molar-refractivity contribution in [2.75, 3.05) is 19.5 Å². The number of carbonyl (C=O) groups excluding carboxylic acids is 2. The molecular weight excluding hydrogens is 464 g/mol. The Morgan fingerprint density at radius 2 is 1.77 bits per heavy atom. The molecule has 9 nitrogen and oxygen atoms in total. The highest BCUT2D eigenvalue weighted by molar-refractivity contribution is 6.07. The van der Waals surface area contributed by atoms with E-state index in [0.29, 0.717) is 10.1 Å². The fourth-order valence-corrected chi connectivity index (χ4v) is 3.57. The Labute approximate surface area is 198 Å². The zero-order chi connectivity index (χ0) is 25.1. The smallest absolute Gasteiger partial charge is 0.341 e. The quantitative estimate of drug-likeness (QED) is 0.342. The third-order valence-corrected chi connectivity index (χ3v) is 5.20. The summed E-state index contributed by atoms with van der Waals surface area (Å²) in [4.78, 5) is 29.9. The summed E-state index contributed by atoms with van der Waals surface area (Å²) in [5.74, 6) is -1.20. The Kier molecular flexibility index (Phi) is 6.67. The minimum absolute atomic E-state index is 0.0121. The standard InChI is InChI=1S/C24H21F2N3O6/c1-13(21-27-15-7-4-5-8-17(15)29(21)24(25)26)35-23(31)14-11-19(32-2)20(33-3)12-16(14)28-22(30)18-9-6-10-34-18/h4-13,24H,1-3H3,(H,28,30)/t13-/m1/s1. The molecule has 0 saturated carbocycles. The average molecular weight is 485 g/mol. The van der Waals surface area contributed by atoms with Crippen LogP contribution in [0.15, 0.2) is 59.2 Å². The number of nitrogens with one attached hydrogen (secondary N) is 1. The minimum Gasteiger partial charge on any atom is -0.493 e. The van der Waals surface area contributed by atoms with Crippen LogP contribution >= 0.6 is 0 Å². The molecule has 2 aromatic carbocycles. The van der Waals surface area contributed by atoms with E-state index >= 15 is 0 Å². The van der Waals surface area contributed by atoms with E-state index in [1.54, 1.807) is 18.2 Å². The van der Waals surface area contributed by atoms with Crippen molar-refractivity contribution in [1.29, 1.82) is 0 Å². The molecule has 0 aliphatic carbocycles. The van der Waals surface area contributed by atoms with Crippen molar-refractivity contribution in [3.8, 4) is 11.5 Å². The van der Waals surface area contributed by atoms with Crippen LogP contribution in [0.2, 0.25) is 0 Å². The van der Waals surface area contributed by atoms with E-state index < -0.39 is 24.5 Å². The molecule has 4 aromatic rings. The lowest BCUT2D eigenvalue weighted by Gasteiger charge is -2.18. The molecule has 4 rings (SSSR count). The van der Waals surface area contributed by atoms with Crippen LogP contribution in [-0.2, 0) is 4.74 Å². The number of hydrogen-bond donors (Lipinski definition) is 1. The molecule has 0 saturated heterocycles. The van der Waals surface area contributed by atoms with Gasteiger partial charge in [-0.25, -0.2) is 9.78 Å². The van der Waals surface area contributed by atoms with Crippen LogP contribution in [-0.4, -0.2) is 35.6 Å². The summed E-state index contributed by atoms with van der Waals surface area (Å²) in [5.41, 5.74) is 0.499. The Morgan fingerprint density at radius 1 is 1.06 bits per heavy atom. The first-order chi connectivity index (χ1) is 16.8. The van der Waals surface area contributed by atoms with Crippen LogP contribution in [0.5, 0.6) is 11.5 Å². The molecule has 0 fully saturated rings. The number of alkyl halides is 2. The second-order valence-electron chi connectivity index (χ2n) is 7.34. The van der Waals surface area contributed by atoms with E-state index in [1.807, 2.05) is 0 Å². The molecule has 0 bridgehead atoms. The van der Waals surface area contributed by atoms with Crippen molar-refractivity contribution in [1.82, 2.24) is 9.55 Å². The third-order valence-electron chi connectivity index (χ3n) is 5.20. The van der Waals surface area contributed by atoms with E-state index in [0.717, 1.165) is 0 Å². The number of aromatic nitrogens is 2. The lowest BCUT2D eigenvalue weighted by atomic mass is 10.1. The maximum absolute atomic E-state index is 13.8. The second-order valence-corrected chi connectivity index (χ2v) is 7.34. The topological polar surface area (TPSA) is 105 Å². The summed E-state index contributed by atoms with van der Waals surface area (Å²) >= 11 is 0. The molecule has 2 heterocycles. The van der Waals surface area contributed by atoms with Gasteiger partial charge in [0.25, 0.3) is 5.91 Å². The van der Waals surface area contributed by atoms with Gasteiger partial charge in [0.2, 0.25) is 0 Å². The van der Waals surface area contributed by atoms with Crippen molar-refractivity contribution >= 4 is 28.6 Å². The number of furan rings is 1. The van der Waals surface area contributed by atoms with E-state index in [2.05, 4.69) is 10.3 Å². The fraction of sp³-hybridized carbons (Fsp3) is 0.208. The van der Waals surface area contributed by atoms with Crippen molar-refractivity contribution in [2.24, 2.45) is 0 Å². The van der Waals surface area contributed by atoms with Gasteiger partial charge in [0, 0.05) is 12.1 Å². The molecule has 1 atom stereocenters. The number of ether oxygens (including phenoxy) is 3. The second kappa shape index (κ2) is 9.84. The molecule has 0 unspecified atom stereocenters. The summed E-state index contributed by atoms with van der Waals surface area (Å²) < 4.78 is 49.5. The molecule has 1 N–H and O–H groups in total. The maximum Gasteiger partial charge on any atom is 0.341 e. The molecule has 2 aromatic heterocycles. The van der Waals surface area contributed by atoms with Gasteiger partial charge in [0.15, 0.2) is 29.2 Å². The maximum atomic E-state index is 13.8. The van der Waals surface area contributed by atoms with Crippen LogP contribution in [0.3, 0.4) is 0 Å². The Hall–Kier alpha value is -4.41. The monoisotopic (exact) mass is 485 g/mol. The number of methoxy groups -OCH3 is 2. The highest BCUT2D eigenvalue weighted by Gasteiger charge is 2.27. The molecule has 35 heavy (non-hydrogen) atoms. The first-order valence-electron chi connectivity index (χ1n) is 10.4. The molecule has 0 aliphatic heterocycles. The van der Waals surface area contributed by atoms with Crippen molar-refractivity contribution in [3.05, 3.63) is 71.9 Å². The van der Waals surface area contributed by atoms with Gasteiger partial charge in [-0.15, -0.1) is 0 Å². The molecule has 0 spiro atoms. The number of halogens is 2. The number of fused-ring (bicyclic) bond motifs is 1. The highest BCUT2D eigenvalue weighted by Crippen LogP contribution is 2.35. The van der Waals surface area contributed by atoms with Gasteiger partial charge in [-0.1, -0.05) is 12.1 Å². The number of para-hydroxylation sites is 2. The van der Waals surface area contributed by atoms with Gasteiger partial charge in [-0.2, -0.15) is 8.78 Å². The largest absolute Gasteiger partial charge is 0.493 e. The van der Waals surface area contributed by atoms with E-state index in [4.69, 9.17) is 18.6 Å². The van der Waals surface area contributed by atoms with Crippen molar-refractivity contribution in [3.63, 3.8) is 0 Å². The minimum atomic E-state index is -2.90. The van der Waals surface area contributed by atoms with Crippen LogP contribution in [0.4, 0.5) is 14.5 Å². The predicted octanol–water partition coefficient (Wildman–Crippen LogP) is 5.21. The number of anilines is 1. The van der Waals surface area contributed by atoms with E-state index in [9.17, 15) is 18.4 Å². The number of nitrogens with zero attached hydrogens (tertiary/aromatic N) is 2. The molecule has 182 valence electrons. The summed E-state index contributed by atoms with van der Waals surface area (Å²) in [6, 6.07) is 12.1. The SMILES string of the molecule is COc1cc(NC(=O)c2ccco2)c(C(=O)O[C@H](C)c2nc3ccccc3n2C(F)F)cc1OC. The average Bonchev–Trinajstić information content (AvgIpc) is 3.52. The fourth-order valence-electron chi connectivity index (χ4n) is 3.57. The Balaban J connectivity index is 1.69. The van der Waals surface area contributed by atoms with Crippen LogP contribution < -0.4 is 14.8 Å². The first kappa shape index (κ1) is 23.7. The van der Waals surface area contributed by atoms with Crippen molar-refractivity contribution in [2.45, 2.75) is 19.6 Å². The van der Waals surface area contributed by atoms with E-state index in [-0.39, 0.29) is 39.9 Å². The van der Waals surface area contributed by atoms with Crippen LogP contribution in [0, 0.1) is 0 Å². The summed E-state index contributed by atoms with van der Waals surface area (Å²) in [7, 11) is 2.77. The first-order valence-corrected chi connectivity index (χ1v) is 10.4. The normalized spacial score (nSPS) is 11.9. The number of hydrogen-bond acceptors (Lipinski definition) is 7. The van der Waals surface area contributed by atoms with Crippen LogP contribution in [0.1, 0.15) is 46.3 Å². The third kappa shape index (κ3) is 4.65. The van der Waals surface area contributed by atoms with E-state index in [1.165, 1.54) is 57.7 Å². The molecule has 0 aliphatic rings. The molecular formula is C24H21F2N3O6.